The van der Waals surface area contributed by atoms with Gasteiger partial charge in [-0.1, -0.05) is 30.3 Å². The Bertz CT molecular complexity index is 474. The first-order chi connectivity index (χ1) is 10.2. The SMILES string of the molecule is C[C@@H]1OC(=O)C1NC(=O)OCCCCCc1ccccc1. The van der Waals surface area contributed by atoms with Gasteiger partial charge in [-0.2, -0.15) is 0 Å². The van der Waals surface area contributed by atoms with Crippen molar-refractivity contribution < 1.29 is 19.1 Å². The van der Waals surface area contributed by atoms with E-state index in [9.17, 15) is 9.59 Å². The lowest BCUT2D eigenvalue weighted by molar-refractivity contribution is -0.174. The van der Waals surface area contributed by atoms with Gasteiger partial charge in [0.1, 0.15) is 6.10 Å². The van der Waals surface area contributed by atoms with E-state index >= 15 is 0 Å². The van der Waals surface area contributed by atoms with E-state index in [4.69, 9.17) is 9.47 Å². The maximum Gasteiger partial charge on any atom is 0.407 e. The zero-order chi connectivity index (χ0) is 15.1. The quantitative estimate of drug-likeness (QED) is 0.619. The molecule has 1 aliphatic heterocycles. The van der Waals surface area contributed by atoms with E-state index < -0.39 is 18.1 Å². The number of amides is 1. The summed E-state index contributed by atoms with van der Waals surface area (Å²) in [5.74, 6) is -0.401. The number of carbonyl (C=O) groups excluding carboxylic acids is 2. The predicted octanol–water partition coefficient (Wildman–Crippen LogP) is 2.44. The zero-order valence-electron chi connectivity index (χ0n) is 12.2. The van der Waals surface area contributed by atoms with Gasteiger partial charge in [-0.25, -0.2) is 9.59 Å². The topological polar surface area (TPSA) is 64.6 Å². The number of alkyl carbamates (subject to hydrolysis) is 1. The molecule has 1 saturated heterocycles. The van der Waals surface area contributed by atoms with Crippen molar-refractivity contribution in [2.45, 2.75) is 44.8 Å². The van der Waals surface area contributed by atoms with E-state index in [1.807, 2.05) is 18.2 Å². The molecule has 1 aromatic carbocycles. The van der Waals surface area contributed by atoms with E-state index in [2.05, 4.69) is 17.4 Å². The van der Waals surface area contributed by atoms with Gasteiger partial charge in [-0.15, -0.1) is 0 Å². The number of cyclic esters (lactones) is 1. The minimum atomic E-state index is -0.560. The lowest BCUT2D eigenvalue weighted by atomic mass is 10.1. The van der Waals surface area contributed by atoms with Crippen molar-refractivity contribution >= 4 is 12.1 Å². The van der Waals surface area contributed by atoms with Gasteiger partial charge in [0.05, 0.1) is 6.61 Å². The van der Waals surface area contributed by atoms with E-state index in [-0.39, 0.29) is 6.10 Å². The first kappa shape index (κ1) is 15.4. The number of carbonyl (C=O) groups is 2. The summed E-state index contributed by atoms with van der Waals surface area (Å²) in [6, 6.07) is 9.75. The molecule has 1 fully saturated rings. The van der Waals surface area contributed by atoms with Crippen molar-refractivity contribution in [2.24, 2.45) is 0 Å². The molecule has 1 aromatic rings. The van der Waals surface area contributed by atoms with Gasteiger partial charge in [-0.05, 0) is 38.2 Å². The molecule has 1 heterocycles. The molecule has 1 aliphatic rings. The highest BCUT2D eigenvalue weighted by Crippen LogP contribution is 2.13. The summed E-state index contributed by atoms with van der Waals surface area (Å²) >= 11 is 0. The molecule has 1 unspecified atom stereocenters. The van der Waals surface area contributed by atoms with Crippen LogP contribution in [0.4, 0.5) is 4.79 Å². The normalized spacial score (nSPS) is 20.3. The largest absolute Gasteiger partial charge is 0.458 e. The fourth-order valence-electron chi connectivity index (χ4n) is 2.21. The van der Waals surface area contributed by atoms with Crippen molar-refractivity contribution in [1.29, 1.82) is 0 Å². The third-order valence-corrected chi connectivity index (χ3v) is 3.48. The first-order valence-electron chi connectivity index (χ1n) is 7.34. The maximum absolute atomic E-state index is 11.5. The average molecular weight is 291 g/mol. The summed E-state index contributed by atoms with van der Waals surface area (Å²) in [4.78, 5) is 22.5. The molecule has 2 rings (SSSR count). The van der Waals surface area contributed by atoms with Crippen LogP contribution in [-0.2, 0) is 20.7 Å². The fraction of sp³-hybridized carbons (Fsp3) is 0.500. The van der Waals surface area contributed by atoms with E-state index in [1.54, 1.807) is 6.92 Å². The molecular formula is C16H21NO4. The highest BCUT2D eigenvalue weighted by atomic mass is 16.6. The molecule has 0 aromatic heterocycles. The lowest BCUT2D eigenvalue weighted by Crippen LogP contribution is -2.58. The summed E-state index contributed by atoms with van der Waals surface area (Å²) in [5, 5.41) is 2.50. The molecule has 0 saturated carbocycles. The van der Waals surface area contributed by atoms with Gasteiger partial charge >= 0.3 is 12.1 Å². The van der Waals surface area contributed by atoms with Crippen LogP contribution in [0.15, 0.2) is 30.3 Å². The average Bonchev–Trinajstić information content (AvgIpc) is 2.49. The molecule has 0 spiro atoms. The van der Waals surface area contributed by atoms with Gasteiger partial charge in [0.2, 0.25) is 0 Å². The van der Waals surface area contributed by atoms with Crippen LogP contribution in [-0.4, -0.2) is 30.8 Å². The predicted molar refractivity (Wildman–Crippen MR) is 77.8 cm³/mol. The van der Waals surface area contributed by atoms with Crippen LogP contribution in [0.3, 0.4) is 0 Å². The Morgan fingerprint density at radius 3 is 2.67 bits per heavy atom. The maximum atomic E-state index is 11.5. The number of ether oxygens (including phenoxy) is 2. The van der Waals surface area contributed by atoms with Crippen molar-refractivity contribution in [3.63, 3.8) is 0 Å². The molecule has 5 nitrogen and oxygen atoms in total. The van der Waals surface area contributed by atoms with Crippen molar-refractivity contribution in [2.75, 3.05) is 6.61 Å². The van der Waals surface area contributed by atoms with Crippen molar-refractivity contribution in [3.8, 4) is 0 Å². The van der Waals surface area contributed by atoms with Crippen LogP contribution in [0, 0.1) is 0 Å². The van der Waals surface area contributed by atoms with Gasteiger partial charge in [0.25, 0.3) is 0 Å². The Morgan fingerprint density at radius 1 is 1.24 bits per heavy atom. The Morgan fingerprint density at radius 2 is 2.00 bits per heavy atom. The van der Waals surface area contributed by atoms with Crippen LogP contribution < -0.4 is 5.32 Å². The molecule has 0 aliphatic carbocycles. The van der Waals surface area contributed by atoms with Crippen LogP contribution in [0.2, 0.25) is 0 Å². The Balaban J connectivity index is 1.50. The minimum absolute atomic E-state index is 0.268. The molecule has 2 atom stereocenters. The first-order valence-corrected chi connectivity index (χ1v) is 7.34. The Hall–Kier alpha value is -2.04. The summed E-state index contributed by atoms with van der Waals surface area (Å²) in [5.41, 5.74) is 1.33. The Kier molecular flexibility index (Phi) is 5.60. The minimum Gasteiger partial charge on any atom is -0.458 e. The van der Waals surface area contributed by atoms with Crippen molar-refractivity contribution in [1.82, 2.24) is 5.32 Å². The van der Waals surface area contributed by atoms with Gasteiger partial charge in [0, 0.05) is 0 Å². The van der Waals surface area contributed by atoms with Gasteiger partial charge in [0.15, 0.2) is 6.04 Å². The number of rotatable bonds is 7. The van der Waals surface area contributed by atoms with Gasteiger partial charge < -0.3 is 14.8 Å². The molecule has 21 heavy (non-hydrogen) atoms. The van der Waals surface area contributed by atoms with Crippen LogP contribution in [0.5, 0.6) is 0 Å². The van der Waals surface area contributed by atoms with E-state index in [0.717, 1.165) is 25.7 Å². The Labute approximate surface area is 124 Å². The second kappa shape index (κ2) is 7.67. The molecule has 114 valence electrons. The second-order valence-electron chi connectivity index (χ2n) is 5.20. The number of nitrogens with one attached hydrogen (secondary N) is 1. The summed E-state index contributed by atoms with van der Waals surface area (Å²) < 4.78 is 9.78. The zero-order valence-corrected chi connectivity index (χ0v) is 12.2. The number of esters is 1. The molecule has 1 N–H and O–H groups in total. The monoisotopic (exact) mass is 291 g/mol. The molecule has 1 amide bonds. The summed E-state index contributed by atoms with van der Waals surface area (Å²) in [6.45, 7) is 2.10. The van der Waals surface area contributed by atoms with Crippen LogP contribution >= 0.6 is 0 Å². The molecular weight excluding hydrogens is 270 g/mol. The summed E-state index contributed by atoms with van der Waals surface area (Å²) in [6.07, 6.45) is 3.12. The number of hydrogen-bond acceptors (Lipinski definition) is 4. The number of unbranched alkanes of at least 4 members (excludes halogenated alkanes) is 2. The van der Waals surface area contributed by atoms with E-state index in [1.165, 1.54) is 5.56 Å². The van der Waals surface area contributed by atoms with E-state index in [0.29, 0.717) is 6.61 Å². The number of aryl methyl sites for hydroxylation is 1. The van der Waals surface area contributed by atoms with Gasteiger partial charge in [-0.3, -0.25) is 0 Å². The van der Waals surface area contributed by atoms with Crippen molar-refractivity contribution in [3.05, 3.63) is 35.9 Å². The highest BCUT2D eigenvalue weighted by molar-refractivity contribution is 5.86. The number of hydrogen-bond donors (Lipinski definition) is 1. The standard InChI is InChI=1S/C16H21NO4/c1-12-14(15(18)21-12)17-16(19)20-11-7-3-6-10-13-8-4-2-5-9-13/h2,4-5,8-9,12,14H,3,6-7,10-11H2,1H3,(H,17,19)/t12-,14?/m0/s1. The summed E-state index contributed by atoms with van der Waals surface area (Å²) in [7, 11) is 0. The molecule has 0 radical (unpaired) electrons. The third kappa shape index (κ3) is 4.77. The van der Waals surface area contributed by atoms with Crippen LogP contribution in [0.25, 0.3) is 0 Å². The smallest absolute Gasteiger partial charge is 0.407 e. The number of benzene rings is 1. The second-order valence-corrected chi connectivity index (χ2v) is 5.20. The third-order valence-electron chi connectivity index (χ3n) is 3.48. The fourth-order valence-corrected chi connectivity index (χ4v) is 2.21. The molecule has 0 bridgehead atoms. The highest BCUT2D eigenvalue weighted by Gasteiger charge is 2.40. The van der Waals surface area contributed by atoms with Crippen LogP contribution in [0.1, 0.15) is 31.7 Å². The lowest BCUT2D eigenvalue weighted by Gasteiger charge is -2.32. The molecule has 5 heteroatoms.